The van der Waals surface area contributed by atoms with Crippen molar-refractivity contribution in [1.29, 1.82) is 0 Å². The molecule has 7 nitrogen and oxygen atoms in total. The molecule has 0 spiro atoms. The molecular weight excluding hydrogens is 262 g/mol. The number of aromatic nitrogens is 2. The van der Waals surface area contributed by atoms with Crippen LogP contribution in [0.15, 0.2) is 30.5 Å². The van der Waals surface area contributed by atoms with Gasteiger partial charge in [0.15, 0.2) is 5.69 Å². The molecule has 2 aromatic rings. The first-order valence-corrected chi connectivity index (χ1v) is 5.69. The third kappa shape index (κ3) is 3.14. The van der Waals surface area contributed by atoms with Crippen LogP contribution in [0.25, 0.3) is 0 Å². The Morgan fingerprint density at radius 3 is 2.40 bits per heavy atom. The number of carboxylic acid groups (broad SMARTS) is 1. The molecule has 0 saturated carbocycles. The van der Waals surface area contributed by atoms with E-state index in [0.29, 0.717) is 17.2 Å². The molecule has 20 heavy (non-hydrogen) atoms. The standard InChI is InChI=1S/C13H13N3O4/c1-19-9-5-8(6-10(7-9)20-2)15-13-14-4-3-11(16-13)12(17)18/h3-7H,1-2H3,(H,17,18)(H,14,15,16). The Hall–Kier alpha value is -2.83. The molecule has 1 aromatic carbocycles. The van der Waals surface area contributed by atoms with Crippen LogP contribution in [0.4, 0.5) is 11.6 Å². The average Bonchev–Trinajstić information content (AvgIpc) is 2.47. The van der Waals surface area contributed by atoms with Crippen molar-refractivity contribution in [3.63, 3.8) is 0 Å². The van der Waals surface area contributed by atoms with Crippen LogP contribution < -0.4 is 14.8 Å². The van der Waals surface area contributed by atoms with Crippen LogP contribution >= 0.6 is 0 Å². The molecule has 0 aliphatic carbocycles. The summed E-state index contributed by atoms with van der Waals surface area (Å²) >= 11 is 0. The number of nitrogens with one attached hydrogen (secondary N) is 1. The van der Waals surface area contributed by atoms with Gasteiger partial charge < -0.3 is 19.9 Å². The molecule has 2 N–H and O–H groups in total. The fourth-order valence-corrected chi connectivity index (χ4v) is 1.55. The van der Waals surface area contributed by atoms with E-state index in [-0.39, 0.29) is 11.6 Å². The van der Waals surface area contributed by atoms with Gasteiger partial charge >= 0.3 is 5.97 Å². The molecule has 0 radical (unpaired) electrons. The zero-order valence-electron chi connectivity index (χ0n) is 11.0. The number of methoxy groups -OCH3 is 2. The van der Waals surface area contributed by atoms with Crippen molar-refractivity contribution < 1.29 is 19.4 Å². The van der Waals surface area contributed by atoms with Crippen LogP contribution in [0, 0.1) is 0 Å². The largest absolute Gasteiger partial charge is 0.497 e. The summed E-state index contributed by atoms with van der Waals surface area (Å²) in [6.07, 6.45) is 1.37. The number of hydrogen-bond donors (Lipinski definition) is 2. The molecular formula is C13H13N3O4. The number of carboxylic acids is 1. The Morgan fingerprint density at radius 1 is 1.20 bits per heavy atom. The Morgan fingerprint density at radius 2 is 1.85 bits per heavy atom. The number of benzene rings is 1. The third-order valence-electron chi connectivity index (χ3n) is 2.48. The molecule has 2 rings (SSSR count). The SMILES string of the molecule is COc1cc(Nc2nccc(C(=O)O)n2)cc(OC)c1. The first-order chi connectivity index (χ1) is 9.62. The van der Waals surface area contributed by atoms with Gasteiger partial charge in [0.25, 0.3) is 0 Å². The van der Waals surface area contributed by atoms with E-state index in [1.807, 2.05) is 0 Å². The van der Waals surface area contributed by atoms with Gasteiger partial charge in [-0.15, -0.1) is 0 Å². The predicted molar refractivity (Wildman–Crippen MR) is 71.8 cm³/mol. The highest BCUT2D eigenvalue weighted by atomic mass is 16.5. The molecule has 0 amide bonds. The number of hydrogen-bond acceptors (Lipinski definition) is 6. The van der Waals surface area contributed by atoms with Crippen LogP contribution in [0.2, 0.25) is 0 Å². The van der Waals surface area contributed by atoms with E-state index in [9.17, 15) is 4.79 Å². The topological polar surface area (TPSA) is 93.6 Å². The van der Waals surface area contributed by atoms with E-state index in [4.69, 9.17) is 14.6 Å². The zero-order valence-corrected chi connectivity index (χ0v) is 11.0. The molecule has 104 valence electrons. The second-order valence-electron chi connectivity index (χ2n) is 3.80. The number of carbonyl (C=O) groups is 1. The second-order valence-corrected chi connectivity index (χ2v) is 3.80. The summed E-state index contributed by atoms with van der Waals surface area (Å²) in [5.74, 6) is 0.265. The van der Waals surface area contributed by atoms with E-state index in [1.165, 1.54) is 12.3 Å². The van der Waals surface area contributed by atoms with E-state index in [2.05, 4.69) is 15.3 Å². The summed E-state index contributed by atoms with van der Waals surface area (Å²) in [7, 11) is 3.08. The van der Waals surface area contributed by atoms with Gasteiger partial charge in [-0.1, -0.05) is 0 Å². The maximum absolute atomic E-state index is 10.8. The van der Waals surface area contributed by atoms with Crippen molar-refractivity contribution in [2.75, 3.05) is 19.5 Å². The predicted octanol–water partition coefficient (Wildman–Crippen LogP) is 1.94. The van der Waals surface area contributed by atoms with Gasteiger partial charge in [0.05, 0.1) is 14.2 Å². The number of ether oxygens (including phenoxy) is 2. The van der Waals surface area contributed by atoms with Gasteiger partial charge in [0.2, 0.25) is 5.95 Å². The highest BCUT2D eigenvalue weighted by molar-refractivity contribution is 5.85. The number of rotatable bonds is 5. The molecule has 7 heteroatoms. The van der Waals surface area contributed by atoms with Gasteiger partial charge in [0, 0.05) is 30.1 Å². The zero-order chi connectivity index (χ0) is 14.5. The Balaban J connectivity index is 2.29. The first-order valence-electron chi connectivity index (χ1n) is 5.69. The van der Waals surface area contributed by atoms with Crippen molar-refractivity contribution in [1.82, 2.24) is 9.97 Å². The lowest BCUT2D eigenvalue weighted by Crippen LogP contribution is -2.04. The minimum Gasteiger partial charge on any atom is -0.497 e. The Kier molecular flexibility index (Phi) is 3.99. The first kappa shape index (κ1) is 13.6. The van der Waals surface area contributed by atoms with Gasteiger partial charge in [-0.25, -0.2) is 14.8 Å². The maximum atomic E-state index is 10.8. The smallest absolute Gasteiger partial charge is 0.354 e. The monoisotopic (exact) mass is 275 g/mol. The molecule has 0 fully saturated rings. The van der Waals surface area contributed by atoms with Crippen molar-refractivity contribution in [2.24, 2.45) is 0 Å². The van der Waals surface area contributed by atoms with Crippen molar-refractivity contribution in [3.8, 4) is 11.5 Å². The summed E-state index contributed by atoms with van der Waals surface area (Å²) in [4.78, 5) is 18.7. The molecule has 0 aliphatic rings. The van der Waals surface area contributed by atoms with Crippen LogP contribution in [0.5, 0.6) is 11.5 Å². The van der Waals surface area contributed by atoms with Crippen LogP contribution in [0.1, 0.15) is 10.5 Å². The van der Waals surface area contributed by atoms with Gasteiger partial charge in [-0.3, -0.25) is 0 Å². The van der Waals surface area contributed by atoms with Crippen molar-refractivity contribution in [3.05, 3.63) is 36.2 Å². The van der Waals surface area contributed by atoms with Crippen LogP contribution in [0.3, 0.4) is 0 Å². The lowest BCUT2D eigenvalue weighted by molar-refractivity contribution is 0.0690. The molecule has 0 atom stereocenters. The third-order valence-corrected chi connectivity index (χ3v) is 2.48. The maximum Gasteiger partial charge on any atom is 0.354 e. The number of anilines is 2. The number of nitrogens with zero attached hydrogens (tertiary/aromatic N) is 2. The van der Waals surface area contributed by atoms with Gasteiger partial charge in [-0.2, -0.15) is 0 Å². The van der Waals surface area contributed by atoms with E-state index in [1.54, 1.807) is 32.4 Å². The van der Waals surface area contributed by atoms with Gasteiger partial charge in [-0.05, 0) is 6.07 Å². The second kappa shape index (κ2) is 5.87. The number of aromatic carboxylic acids is 1. The van der Waals surface area contributed by atoms with Crippen LogP contribution in [-0.4, -0.2) is 35.3 Å². The Bertz CT molecular complexity index is 609. The van der Waals surface area contributed by atoms with E-state index in [0.717, 1.165) is 0 Å². The lowest BCUT2D eigenvalue weighted by atomic mass is 10.3. The van der Waals surface area contributed by atoms with Crippen LogP contribution in [-0.2, 0) is 0 Å². The average molecular weight is 275 g/mol. The van der Waals surface area contributed by atoms with E-state index >= 15 is 0 Å². The molecule has 0 bridgehead atoms. The summed E-state index contributed by atoms with van der Waals surface area (Å²) < 4.78 is 10.3. The van der Waals surface area contributed by atoms with E-state index < -0.39 is 5.97 Å². The minimum absolute atomic E-state index is 0.0858. The summed E-state index contributed by atoms with van der Waals surface area (Å²) in [5, 5.41) is 11.8. The summed E-state index contributed by atoms with van der Waals surface area (Å²) in [5.41, 5.74) is 0.543. The normalized spacial score (nSPS) is 9.90. The summed E-state index contributed by atoms with van der Waals surface area (Å²) in [6.45, 7) is 0. The minimum atomic E-state index is -1.11. The fraction of sp³-hybridized carbons (Fsp3) is 0.154. The quantitative estimate of drug-likeness (QED) is 0.861. The highest BCUT2D eigenvalue weighted by Gasteiger charge is 2.08. The Labute approximate surface area is 115 Å². The molecule has 0 unspecified atom stereocenters. The van der Waals surface area contributed by atoms with Crippen molar-refractivity contribution >= 4 is 17.6 Å². The van der Waals surface area contributed by atoms with Crippen molar-refractivity contribution in [2.45, 2.75) is 0 Å². The molecule has 1 aromatic heterocycles. The molecule has 1 heterocycles. The fourth-order valence-electron chi connectivity index (χ4n) is 1.55. The summed E-state index contributed by atoms with van der Waals surface area (Å²) in [6, 6.07) is 6.48. The molecule has 0 saturated heterocycles. The van der Waals surface area contributed by atoms with Gasteiger partial charge in [0.1, 0.15) is 11.5 Å². The lowest BCUT2D eigenvalue weighted by Gasteiger charge is -2.09. The highest BCUT2D eigenvalue weighted by Crippen LogP contribution is 2.27. The molecule has 0 aliphatic heterocycles.